The lowest BCUT2D eigenvalue weighted by molar-refractivity contribution is 0.184. The number of aromatic nitrogens is 2. The zero-order chi connectivity index (χ0) is 15.5. The Bertz CT molecular complexity index is 516. The Labute approximate surface area is 140 Å². The van der Waals surface area contributed by atoms with Crippen molar-refractivity contribution in [3.8, 4) is 0 Å². The van der Waals surface area contributed by atoms with Crippen molar-refractivity contribution in [2.24, 2.45) is 5.92 Å². The highest BCUT2D eigenvalue weighted by Gasteiger charge is 2.24. The summed E-state index contributed by atoms with van der Waals surface area (Å²) < 4.78 is 0. The fourth-order valence-electron chi connectivity index (χ4n) is 4.82. The molecule has 0 unspecified atom stereocenters. The van der Waals surface area contributed by atoms with E-state index in [1.165, 1.54) is 88.6 Å². The third-order valence-corrected chi connectivity index (χ3v) is 6.26. The zero-order valence-electron chi connectivity index (χ0n) is 14.5. The molecule has 1 aromatic rings. The minimum absolute atomic E-state index is 0.628. The lowest BCUT2D eigenvalue weighted by Crippen LogP contribution is -2.36. The van der Waals surface area contributed by atoms with Crippen molar-refractivity contribution in [2.45, 2.75) is 83.1 Å². The Morgan fingerprint density at radius 2 is 1.70 bits per heavy atom. The molecular formula is C20H31N3. The van der Waals surface area contributed by atoms with Gasteiger partial charge in [0.25, 0.3) is 0 Å². The average molecular weight is 313 g/mol. The van der Waals surface area contributed by atoms with Crippen LogP contribution < -0.4 is 0 Å². The third kappa shape index (κ3) is 3.76. The van der Waals surface area contributed by atoms with Gasteiger partial charge in [-0.1, -0.05) is 38.5 Å². The summed E-state index contributed by atoms with van der Waals surface area (Å²) in [6, 6.07) is 0. The van der Waals surface area contributed by atoms with Crippen LogP contribution in [0.2, 0.25) is 0 Å². The molecule has 1 aliphatic heterocycles. The van der Waals surface area contributed by atoms with Gasteiger partial charge in [0.2, 0.25) is 0 Å². The van der Waals surface area contributed by atoms with Crippen molar-refractivity contribution < 1.29 is 0 Å². The van der Waals surface area contributed by atoms with Gasteiger partial charge in [0.15, 0.2) is 0 Å². The van der Waals surface area contributed by atoms with E-state index < -0.39 is 0 Å². The summed E-state index contributed by atoms with van der Waals surface area (Å²) >= 11 is 0. The molecule has 2 aliphatic carbocycles. The summed E-state index contributed by atoms with van der Waals surface area (Å²) in [6.45, 7) is 3.56. The summed E-state index contributed by atoms with van der Waals surface area (Å²) in [5.74, 6) is 2.70. The first-order chi connectivity index (χ1) is 11.4. The van der Waals surface area contributed by atoms with E-state index in [1.807, 2.05) is 0 Å². The molecule has 4 rings (SSSR count). The van der Waals surface area contributed by atoms with Crippen LogP contribution in [0.1, 0.15) is 87.2 Å². The number of fused-ring (bicyclic) bond motifs is 1. The zero-order valence-corrected chi connectivity index (χ0v) is 14.5. The van der Waals surface area contributed by atoms with Crippen molar-refractivity contribution in [2.75, 3.05) is 13.1 Å². The number of nitrogens with zero attached hydrogens (tertiary/aromatic N) is 3. The Morgan fingerprint density at radius 1 is 0.957 bits per heavy atom. The minimum atomic E-state index is 0.628. The van der Waals surface area contributed by atoms with Gasteiger partial charge in [0.1, 0.15) is 5.82 Å². The molecule has 0 atom stereocenters. The van der Waals surface area contributed by atoms with Crippen LogP contribution in [-0.4, -0.2) is 28.0 Å². The topological polar surface area (TPSA) is 29.0 Å². The molecule has 0 saturated heterocycles. The van der Waals surface area contributed by atoms with E-state index in [9.17, 15) is 0 Å². The second-order valence-corrected chi connectivity index (χ2v) is 8.02. The Balaban J connectivity index is 1.42. The molecule has 3 nitrogen and oxygen atoms in total. The van der Waals surface area contributed by atoms with E-state index in [4.69, 9.17) is 9.97 Å². The maximum absolute atomic E-state index is 5.03. The Hall–Kier alpha value is -0.960. The van der Waals surface area contributed by atoms with Crippen molar-refractivity contribution >= 4 is 0 Å². The van der Waals surface area contributed by atoms with E-state index in [1.54, 1.807) is 0 Å². The van der Waals surface area contributed by atoms with Gasteiger partial charge in [-0.3, -0.25) is 4.90 Å². The molecule has 23 heavy (non-hydrogen) atoms. The summed E-state index contributed by atoms with van der Waals surface area (Å²) in [5.41, 5.74) is 2.74. The van der Waals surface area contributed by atoms with Gasteiger partial charge in [-0.05, 0) is 43.6 Å². The summed E-state index contributed by atoms with van der Waals surface area (Å²) in [7, 11) is 0. The maximum atomic E-state index is 5.03. The van der Waals surface area contributed by atoms with Crippen LogP contribution in [0.5, 0.6) is 0 Å². The molecule has 2 saturated carbocycles. The minimum Gasteiger partial charge on any atom is -0.297 e. The van der Waals surface area contributed by atoms with Gasteiger partial charge in [-0.2, -0.15) is 0 Å². The fraction of sp³-hybridized carbons (Fsp3) is 0.800. The molecule has 0 amide bonds. The number of rotatable bonds is 3. The van der Waals surface area contributed by atoms with Crippen LogP contribution >= 0.6 is 0 Å². The molecular weight excluding hydrogens is 282 g/mol. The largest absolute Gasteiger partial charge is 0.297 e. The summed E-state index contributed by atoms with van der Waals surface area (Å²) in [5, 5.41) is 0. The van der Waals surface area contributed by atoms with Crippen LogP contribution in [-0.2, 0) is 13.0 Å². The second kappa shape index (κ2) is 7.29. The molecule has 3 heteroatoms. The van der Waals surface area contributed by atoms with Crippen molar-refractivity contribution in [3.63, 3.8) is 0 Å². The fourth-order valence-corrected chi connectivity index (χ4v) is 4.82. The number of hydrogen-bond acceptors (Lipinski definition) is 3. The first kappa shape index (κ1) is 15.6. The van der Waals surface area contributed by atoms with E-state index >= 15 is 0 Å². The van der Waals surface area contributed by atoms with Crippen LogP contribution in [0, 0.1) is 5.92 Å². The highest BCUT2D eigenvalue weighted by Crippen LogP contribution is 2.32. The third-order valence-electron chi connectivity index (χ3n) is 6.26. The highest BCUT2D eigenvalue weighted by molar-refractivity contribution is 5.21. The lowest BCUT2D eigenvalue weighted by atomic mass is 9.88. The normalized spacial score (nSPS) is 24.5. The van der Waals surface area contributed by atoms with Crippen LogP contribution in [0.3, 0.4) is 0 Å². The van der Waals surface area contributed by atoms with E-state index in [0.29, 0.717) is 5.92 Å². The predicted molar refractivity (Wildman–Crippen MR) is 93.4 cm³/mol. The number of hydrogen-bond donors (Lipinski definition) is 0. The van der Waals surface area contributed by atoms with Gasteiger partial charge in [-0.15, -0.1) is 0 Å². The predicted octanol–water partition coefficient (Wildman–Crippen LogP) is 4.46. The molecule has 0 aromatic carbocycles. The Morgan fingerprint density at radius 3 is 2.48 bits per heavy atom. The average Bonchev–Trinajstić information content (AvgIpc) is 2.63. The Kier molecular flexibility index (Phi) is 4.93. The van der Waals surface area contributed by atoms with E-state index in [2.05, 4.69) is 11.1 Å². The van der Waals surface area contributed by atoms with Gasteiger partial charge in [-0.25, -0.2) is 9.97 Å². The second-order valence-electron chi connectivity index (χ2n) is 8.02. The smallest absolute Gasteiger partial charge is 0.131 e. The molecule has 0 N–H and O–H groups in total. The van der Waals surface area contributed by atoms with Crippen molar-refractivity contribution in [1.29, 1.82) is 0 Å². The summed E-state index contributed by atoms with van der Waals surface area (Å²) in [4.78, 5) is 12.4. The highest BCUT2D eigenvalue weighted by atomic mass is 15.1. The summed E-state index contributed by atoms with van der Waals surface area (Å²) in [6.07, 6.45) is 17.2. The molecule has 126 valence electrons. The van der Waals surface area contributed by atoms with Crippen molar-refractivity contribution in [3.05, 3.63) is 23.3 Å². The van der Waals surface area contributed by atoms with Gasteiger partial charge in [0, 0.05) is 31.7 Å². The van der Waals surface area contributed by atoms with E-state index in [-0.39, 0.29) is 0 Å². The van der Waals surface area contributed by atoms with E-state index in [0.717, 1.165) is 24.7 Å². The van der Waals surface area contributed by atoms with Gasteiger partial charge in [0.05, 0.1) is 5.69 Å². The first-order valence-corrected chi connectivity index (χ1v) is 9.95. The van der Waals surface area contributed by atoms with Crippen LogP contribution in [0.25, 0.3) is 0 Å². The first-order valence-electron chi connectivity index (χ1n) is 9.95. The molecule has 0 spiro atoms. The quantitative estimate of drug-likeness (QED) is 0.825. The van der Waals surface area contributed by atoms with Gasteiger partial charge < -0.3 is 0 Å². The maximum Gasteiger partial charge on any atom is 0.131 e. The van der Waals surface area contributed by atoms with Gasteiger partial charge >= 0.3 is 0 Å². The monoisotopic (exact) mass is 313 g/mol. The molecule has 2 fully saturated rings. The molecule has 0 radical (unpaired) electrons. The van der Waals surface area contributed by atoms with Crippen LogP contribution in [0.4, 0.5) is 0 Å². The molecule has 3 aliphatic rings. The van der Waals surface area contributed by atoms with Crippen molar-refractivity contribution in [1.82, 2.24) is 14.9 Å². The molecule has 2 heterocycles. The standard InChI is InChI=1S/C20H31N3/c1-3-7-16(8-4-1)14-23-12-11-18-13-21-20(22-19(18)15-23)17-9-5-2-6-10-17/h13,16-17H,1-12,14-15H2. The van der Waals surface area contributed by atoms with Crippen LogP contribution in [0.15, 0.2) is 6.20 Å². The SMILES string of the molecule is c1nc(C2CCCCC2)nc2c1CCN(CC1CCCCC1)C2. The lowest BCUT2D eigenvalue weighted by Gasteiger charge is -2.33. The molecule has 1 aromatic heterocycles. The molecule has 0 bridgehead atoms.